The molecule has 68 valence electrons. The molecule has 0 amide bonds. The van der Waals surface area contributed by atoms with Crippen molar-refractivity contribution >= 4 is 0 Å². The quantitative estimate of drug-likeness (QED) is 0.577. The molecular formula is C10H22O. The van der Waals surface area contributed by atoms with E-state index in [1.807, 2.05) is 0 Å². The Balaban J connectivity index is 3.10. The van der Waals surface area contributed by atoms with Gasteiger partial charge in [-0.05, 0) is 18.3 Å². The molecule has 0 spiro atoms. The van der Waals surface area contributed by atoms with Crippen molar-refractivity contribution in [3.8, 4) is 0 Å². The molecule has 1 atom stereocenters. The molecule has 1 heteroatoms. The first-order valence-electron chi connectivity index (χ1n) is 4.74. The summed E-state index contributed by atoms with van der Waals surface area (Å²) in [7, 11) is 0. The third-order valence-corrected chi connectivity index (χ3v) is 1.64. The van der Waals surface area contributed by atoms with E-state index in [1.54, 1.807) is 0 Å². The second kappa shape index (κ2) is 6.66. The zero-order valence-electron chi connectivity index (χ0n) is 8.39. The minimum absolute atomic E-state index is 0.670. The Kier molecular flexibility index (Phi) is 6.63. The fraction of sp³-hybridized carbons (Fsp3) is 1.00. The van der Waals surface area contributed by atoms with E-state index < -0.39 is 0 Å². The van der Waals surface area contributed by atoms with Crippen LogP contribution >= 0.6 is 0 Å². The molecule has 0 aliphatic carbocycles. The summed E-state index contributed by atoms with van der Waals surface area (Å²) in [4.78, 5) is 0. The molecule has 0 aromatic heterocycles. The van der Waals surface area contributed by atoms with Gasteiger partial charge in [0.15, 0.2) is 0 Å². The smallest absolute Gasteiger partial charge is 0.0491 e. The van der Waals surface area contributed by atoms with Gasteiger partial charge in [0, 0.05) is 13.2 Å². The van der Waals surface area contributed by atoms with Gasteiger partial charge in [-0.3, -0.25) is 0 Å². The fourth-order valence-electron chi connectivity index (χ4n) is 1.08. The van der Waals surface area contributed by atoms with Crippen molar-refractivity contribution < 1.29 is 4.74 Å². The molecule has 11 heavy (non-hydrogen) atoms. The summed E-state index contributed by atoms with van der Waals surface area (Å²) in [6.07, 6.45) is 2.56. The molecule has 0 aromatic carbocycles. The molecule has 0 fully saturated rings. The minimum atomic E-state index is 0.670. The van der Waals surface area contributed by atoms with Crippen LogP contribution in [0.2, 0.25) is 0 Å². The van der Waals surface area contributed by atoms with E-state index in [4.69, 9.17) is 4.74 Å². The van der Waals surface area contributed by atoms with Crippen molar-refractivity contribution in [3.63, 3.8) is 0 Å². The van der Waals surface area contributed by atoms with Gasteiger partial charge in [0.25, 0.3) is 0 Å². The van der Waals surface area contributed by atoms with Crippen LogP contribution in [0.3, 0.4) is 0 Å². The molecule has 1 unspecified atom stereocenters. The average molecular weight is 158 g/mol. The van der Waals surface area contributed by atoms with E-state index in [-0.39, 0.29) is 0 Å². The second-order valence-corrected chi connectivity index (χ2v) is 3.83. The maximum atomic E-state index is 5.51. The van der Waals surface area contributed by atoms with Crippen LogP contribution in [0.1, 0.15) is 40.5 Å². The summed E-state index contributed by atoms with van der Waals surface area (Å²) in [5.74, 6) is 1.41. The first kappa shape index (κ1) is 11.0. The van der Waals surface area contributed by atoms with E-state index in [0.717, 1.165) is 19.1 Å². The molecule has 0 aromatic rings. The van der Waals surface area contributed by atoms with E-state index in [1.165, 1.54) is 12.8 Å². The number of hydrogen-bond donors (Lipinski definition) is 0. The zero-order valence-corrected chi connectivity index (χ0v) is 8.39. The number of ether oxygens (including phenoxy) is 1. The highest BCUT2D eigenvalue weighted by atomic mass is 16.5. The lowest BCUT2D eigenvalue weighted by Gasteiger charge is -2.11. The van der Waals surface area contributed by atoms with Crippen molar-refractivity contribution in [1.29, 1.82) is 0 Å². The zero-order chi connectivity index (χ0) is 8.69. The van der Waals surface area contributed by atoms with Gasteiger partial charge in [0.05, 0.1) is 0 Å². The topological polar surface area (TPSA) is 9.23 Å². The van der Waals surface area contributed by atoms with Crippen molar-refractivity contribution in [2.75, 3.05) is 13.2 Å². The lowest BCUT2D eigenvalue weighted by Crippen LogP contribution is -2.09. The lowest BCUT2D eigenvalue weighted by atomic mass is 10.1. The third kappa shape index (κ3) is 7.86. The molecular weight excluding hydrogens is 136 g/mol. The highest BCUT2D eigenvalue weighted by molar-refractivity contribution is 4.50. The Labute approximate surface area is 71.1 Å². The molecule has 0 heterocycles. The third-order valence-electron chi connectivity index (χ3n) is 1.64. The van der Waals surface area contributed by atoms with Gasteiger partial charge in [-0.15, -0.1) is 0 Å². The van der Waals surface area contributed by atoms with E-state index in [0.29, 0.717) is 5.92 Å². The van der Waals surface area contributed by atoms with E-state index in [9.17, 15) is 0 Å². The number of rotatable bonds is 6. The largest absolute Gasteiger partial charge is 0.381 e. The maximum Gasteiger partial charge on any atom is 0.0491 e. The monoisotopic (exact) mass is 158 g/mol. The van der Waals surface area contributed by atoms with Crippen LogP contribution in [0.15, 0.2) is 0 Å². The Morgan fingerprint density at radius 2 is 1.73 bits per heavy atom. The highest BCUT2D eigenvalue weighted by Gasteiger charge is 2.00. The van der Waals surface area contributed by atoms with Gasteiger partial charge in [-0.2, -0.15) is 0 Å². The Morgan fingerprint density at radius 1 is 1.09 bits per heavy atom. The van der Waals surface area contributed by atoms with Gasteiger partial charge in [-0.25, -0.2) is 0 Å². The van der Waals surface area contributed by atoms with Crippen LogP contribution < -0.4 is 0 Å². The molecule has 0 saturated carbocycles. The minimum Gasteiger partial charge on any atom is -0.381 e. The van der Waals surface area contributed by atoms with E-state index in [2.05, 4.69) is 27.7 Å². The van der Waals surface area contributed by atoms with Gasteiger partial charge in [0.1, 0.15) is 0 Å². The Morgan fingerprint density at radius 3 is 2.18 bits per heavy atom. The van der Waals surface area contributed by atoms with Crippen molar-refractivity contribution in [3.05, 3.63) is 0 Å². The van der Waals surface area contributed by atoms with Gasteiger partial charge in [0.2, 0.25) is 0 Å². The summed E-state index contributed by atoms with van der Waals surface area (Å²) in [6.45, 7) is 10.7. The van der Waals surface area contributed by atoms with Crippen LogP contribution in [0.4, 0.5) is 0 Å². The molecule has 0 rings (SSSR count). The summed E-state index contributed by atoms with van der Waals surface area (Å²) >= 11 is 0. The molecule has 0 bridgehead atoms. The van der Waals surface area contributed by atoms with Gasteiger partial charge < -0.3 is 4.74 Å². The Bertz CT molecular complexity index is 78.9. The normalized spacial score (nSPS) is 13.9. The van der Waals surface area contributed by atoms with Crippen molar-refractivity contribution in [2.24, 2.45) is 11.8 Å². The standard InChI is InChI=1S/C10H22O/c1-5-6-10(4)8-11-7-9(2)3/h9-10H,5-8H2,1-4H3. The van der Waals surface area contributed by atoms with Crippen LogP contribution in [0.25, 0.3) is 0 Å². The van der Waals surface area contributed by atoms with Crippen molar-refractivity contribution in [1.82, 2.24) is 0 Å². The first-order chi connectivity index (χ1) is 5.16. The maximum absolute atomic E-state index is 5.51. The summed E-state index contributed by atoms with van der Waals surface area (Å²) in [6, 6.07) is 0. The SMILES string of the molecule is CCCC(C)COCC(C)C. The van der Waals surface area contributed by atoms with Crippen LogP contribution in [0, 0.1) is 11.8 Å². The Hall–Kier alpha value is -0.0400. The molecule has 0 aliphatic heterocycles. The highest BCUT2D eigenvalue weighted by Crippen LogP contribution is 2.05. The molecule has 1 nitrogen and oxygen atoms in total. The van der Waals surface area contributed by atoms with Gasteiger partial charge in [-0.1, -0.05) is 34.1 Å². The summed E-state index contributed by atoms with van der Waals surface area (Å²) in [5.41, 5.74) is 0. The lowest BCUT2D eigenvalue weighted by molar-refractivity contribution is 0.0817. The number of hydrogen-bond acceptors (Lipinski definition) is 1. The predicted octanol–water partition coefficient (Wildman–Crippen LogP) is 3.10. The second-order valence-electron chi connectivity index (χ2n) is 3.83. The van der Waals surface area contributed by atoms with Crippen molar-refractivity contribution in [2.45, 2.75) is 40.5 Å². The summed E-state index contributed by atoms with van der Waals surface area (Å²) < 4.78 is 5.51. The van der Waals surface area contributed by atoms with Crippen LogP contribution in [-0.2, 0) is 4.74 Å². The van der Waals surface area contributed by atoms with Crippen LogP contribution in [-0.4, -0.2) is 13.2 Å². The average Bonchev–Trinajstić information content (AvgIpc) is 1.87. The van der Waals surface area contributed by atoms with Gasteiger partial charge >= 0.3 is 0 Å². The van der Waals surface area contributed by atoms with Crippen LogP contribution in [0.5, 0.6) is 0 Å². The predicted molar refractivity (Wildman–Crippen MR) is 49.7 cm³/mol. The summed E-state index contributed by atoms with van der Waals surface area (Å²) in [5, 5.41) is 0. The molecule has 0 aliphatic rings. The molecule has 0 saturated heterocycles. The van der Waals surface area contributed by atoms with E-state index >= 15 is 0 Å². The fourth-order valence-corrected chi connectivity index (χ4v) is 1.08. The molecule has 0 N–H and O–H groups in total. The molecule has 0 radical (unpaired) electrons. The first-order valence-corrected chi connectivity index (χ1v) is 4.74.